The number of carbonyl (C=O) groups excluding carboxylic acids is 1. The van der Waals surface area contributed by atoms with Crippen LogP contribution >= 0.6 is 23.2 Å². The Morgan fingerprint density at radius 3 is 2.06 bits per heavy atom. The minimum Gasteiger partial charge on any atom is -0.497 e. The number of hydrogen-bond acceptors (Lipinski definition) is 4. The molecule has 0 unspecified atom stereocenters. The van der Waals surface area contributed by atoms with Crippen LogP contribution in [-0.2, 0) is 4.79 Å². The van der Waals surface area contributed by atoms with Crippen molar-refractivity contribution in [1.29, 1.82) is 0 Å². The molecule has 0 spiro atoms. The smallest absolute Gasteiger partial charge is 0.207 e. The van der Waals surface area contributed by atoms with Crippen molar-refractivity contribution in [1.82, 2.24) is 5.32 Å². The van der Waals surface area contributed by atoms with E-state index >= 15 is 0 Å². The van der Waals surface area contributed by atoms with Gasteiger partial charge in [-0.1, -0.05) is 69.8 Å². The largest absolute Gasteiger partial charge is 0.497 e. The van der Waals surface area contributed by atoms with E-state index in [0.717, 1.165) is 22.7 Å². The van der Waals surface area contributed by atoms with Crippen molar-refractivity contribution in [2.45, 2.75) is 67.3 Å². The summed E-state index contributed by atoms with van der Waals surface area (Å²) in [6.45, 7) is 14.1. The van der Waals surface area contributed by atoms with Crippen molar-refractivity contribution < 1.29 is 9.53 Å². The standard InChI is InChI=1S/C18H18Cl2N2O.C4H9NO.C4H10.C2H6/c1-13(21-11-14-4-5-15(19)10-18(14)20)12-22(2)16-6-8-17(23-3)9-7-16;1-4(2)5-3-6;1-3-4-2;1-2/h4-12H,1-3H3;3-4H,1-2H3,(H,5,6);3-4H2,1-2H3;1-2H3/b13-12-,21-11?;;;. The zero-order valence-corrected chi connectivity index (χ0v) is 24.2. The molecule has 0 saturated heterocycles. The van der Waals surface area contributed by atoms with Crippen molar-refractivity contribution in [3.05, 3.63) is 70.0 Å². The molecule has 0 bridgehead atoms. The number of nitrogens with one attached hydrogen (secondary N) is 1. The van der Waals surface area contributed by atoms with Crippen LogP contribution in [0.2, 0.25) is 10.0 Å². The van der Waals surface area contributed by atoms with Gasteiger partial charge >= 0.3 is 0 Å². The monoisotopic (exact) mass is 523 g/mol. The van der Waals surface area contributed by atoms with E-state index in [9.17, 15) is 4.79 Å². The van der Waals surface area contributed by atoms with E-state index in [1.807, 2.05) is 83.1 Å². The molecule has 1 N–H and O–H groups in total. The maximum absolute atomic E-state index is 9.50. The molecule has 0 radical (unpaired) electrons. The molecule has 0 heterocycles. The van der Waals surface area contributed by atoms with Crippen molar-refractivity contribution in [2.75, 3.05) is 19.1 Å². The summed E-state index contributed by atoms with van der Waals surface area (Å²) in [6, 6.07) is 13.4. The quantitative estimate of drug-likeness (QED) is 0.279. The van der Waals surface area contributed by atoms with E-state index in [4.69, 9.17) is 27.9 Å². The van der Waals surface area contributed by atoms with Gasteiger partial charge in [0.1, 0.15) is 5.75 Å². The molecule has 2 rings (SSSR count). The highest BCUT2D eigenvalue weighted by Crippen LogP contribution is 2.21. The molecule has 7 heteroatoms. The Hall–Kier alpha value is -2.50. The van der Waals surface area contributed by atoms with E-state index in [-0.39, 0.29) is 6.04 Å². The molecule has 2 aromatic carbocycles. The Bertz CT molecular complexity index is 865. The van der Waals surface area contributed by atoms with Crippen LogP contribution in [0.25, 0.3) is 0 Å². The second-order valence-electron chi connectivity index (χ2n) is 7.44. The number of allylic oxidation sites excluding steroid dienone is 1. The van der Waals surface area contributed by atoms with Crippen LogP contribution in [-0.4, -0.2) is 32.8 Å². The number of unbranched alkanes of at least 4 members (excludes halogenated alkanes) is 1. The van der Waals surface area contributed by atoms with Crippen LogP contribution in [0, 0.1) is 0 Å². The van der Waals surface area contributed by atoms with Gasteiger partial charge < -0.3 is 15.0 Å². The number of nitrogens with zero attached hydrogens (tertiary/aromatic N) is 2. The van der Waals surface area contributed by atoms with E-state index < -0.39 is 0 Å². The Labute approximate surface area is 223 Å². The van der Waals surface area contributed by atoms with Gasteiger partial charge in [0.2, 0.25) is 6.41 Å². The summed E-state index contributed by atoms with van der Waals surface area (Å²) in [5.41, 5.74) is 2.73. The van der Waals surface area contributed by atoms with Gasteiger partial charge in [0, 0.05) is 41.8 Å². The molecule has 0 aromatic heterocycles. The van der Waals surface area contributed by atoms with Gasteiger partial charge in [-0.3, -0.25) is 9.79 Å². The molecule has 0 saturated carbocycles. The molecular weight excluding hydrogens is 481 g/mol. The molecule has 0 aliphatic carbocycles. The van der Waals surface area contributed by atoms with E-state index in [1.165, 1.54) is 12.8 Å². The zero-order chi connectivity index (χ0) is 27.2. The number of hydrogen-bond donors (Lipinski definition) is 1. The first-order valence-electron chi connectivity index (χ1n) is 11.9. The summed E-state index contributed by atoms with van der Waals surface area (Å²) in [6.07, 6.45) is 7.01. The fraction of sp³-hybridized carbons (Fsp3) is 0.429. The Balaban J connectivity index is 0. The average molecular weight is 525 g/mol. The summed E-state index contributed by atoms with van der Waals surface area (Å²) >= 11 is 12.0. The van der Waals surface area contributed by atoms with E-state index in [1.54, 1.807) is 25.5 Å². The zero-order valence-electron chi connectivity index (χ0n) is 22.7. The van der Waals surface area contributed by atoms with E-state index in [2.05, 4.69) is 24.2 Å². The molecule has 0 atom stereocenters. The number of methoxy groups -OCH3 is 1. The SMILES string of the molecule is CC.CC(C)NC=O.CCCC.COc1ccc(N(C)/C=C(/C)N=Cc2ccc(Cl)cc2Cl)cc1. The third-order valence-corrected chi connectivity index (χ3v) is 4.69. The summed E-state index contributed by atoms with van der Waals surface area (Å²) in [4.78, 5) is 15.9. The second kappa shape index (κ2) is 22.0. The van der Waals surface area contributed by atoms with Gasteiger partial charge in [0.15, 0.2) is 0 Å². The van der Waals surface area contributed by atoms with Crippen LogP contribution in [0.1, 0.15) is 66.9 Å². The van der Waals surface area contributed by atoms with Crippen LogP contribution in [0.4, 0.5) is 5.69 Å². The summed E-state index contributed by atoms with van der Waals surface area (Å²) in [7, 11) is 3.62. The number of rotatable bonds is 8. The van der Waals surface area contributed by atoms with Gasteiger partial charge in [-0.25, -0.2) is 0 Å². The topological polar surface area (TPSA) is 53.9 Å². The fourth-order valence-corrected chi connectivity index (χ4v) is 2.58. The first kappa shape index (κ1) is 34.7. The Kier molecular flexibility index (Phi) is 21.8. The molecule has 0 fully saturated rings. The lowest BCUT2D eigenvalue weighted by atomic mass is 10.2. The second-order valence-corrected chi connectivity index (χ2v) is 8.29. The molecular formula is C28H43Cl2N3O2. The number of aliphatic imine (C=N–C) groups is 1. The van der Waals surface area contributed by atoms with Gasteiger partial charge in [-0.2, -0.15) is 0 Å². The molecule has 5 nitrogen and oxygen atoms in total. The predicted octanol–water partition coefficient (Wildman–Crippen LogP) is 8.39. The van der Waals surface area contributed by atoms with Crippen LogP contribution in [0.15, 0.2) is 59.4 Å². The molecule has 35 heavy (non-hydrogen) atoms. The maximum Gasteiger partial charge on any atom is 0.207 e. The summed E-state index contributed by atoms with van der Waals surface area (Å²) in [5, 5.41) is 3.72. The minimum absolute atomic E-state index is 0.280. The van der Waals surface area contributed by atoms with Gasteiger partial charge in [-0.05, 0) is 57.2 Å². The summed E-state index contributed by atoms with van der Waals surface area (Å²) < 4.78 is 5.16. The van der Waals surface area contributed by atoms with Crippen LogP contribution < -0.4 is 15.0 Å². The number of amides is 1. The average Bonchev–Trinajstić information content (AvgIpc) is 2.85. The van der Waals surface area contributed by atoms with Gasteiger partial charge in [0.25, 0.3) is 0 Å². The lowest BCUT2D eigenvalue weighted by molar-refractivity contribution is -0.109. The number of anilines is 1. The van der Waals surface area contributed by atoms with Crippen molar-refractivity contribution in [2.24, 2.45) is 4.99 Å². The van der Waals surface area contributed by atoms with Crippen LogP contribution in [0.5, 0.6) is 5.75 Å². The highest BCUT2D eigenvalue weighted by Gasteiger charge is 2.00. The van der Waals surface area contributed by atoms with Crippen molar-refractivity contribution in [3.63, 3.8) is 0 Å². The molecule has 1 amide bonds. The van der Waals surface area contributed by atoms with Crippen LogP contribution in [0.3, 0.4) is 0 Å². The molecule has 2 aromatic rings. The number of benzene rings is 2. The number of halogens is 2. The third kappa shape index (κ3) is 17.6. The highest BCUT2D eigenvalue weighted by atomic mass is 35.5. The highest BCUT2D eigenvalue weighted by molar-refractivity contribution is 6.36. The fourth-order valence-electron chi connectivity index (χ4n) is 2.12. The van der Waals surface area contributed by atoms with Gasteiger partial charge in [-0.15, -0.1) is 0 Å². The normalized spacial score (nSPS) is 10.2. The first-order valence-corrected chi connectivity index (χ1v) is 12.7. The predicted molar refractivity (Wildman–Crippen MR) is 155 cm³/mol. The molecule has 0 aliphatic heterocycles. The maximum atomic E-state index is 9.50. The van der Waals surface area contributed by atoms with Crippen molar-refractivity contribution in [3.8, 4) is 5.75 Å². The number of carbonyl (C=O) groups is 1. The summed E-state index contributed by atoms with van der Waals surface area (Å²) in [5.74, 6) is 0.832. The minimum atomic E-state index is 0.280. The molecule has 196 valence electrons. The van der Waals surface area contributed by atoms with Gasteiger partial charge in [0.05, 0.1) is 17.8 Å². The van der Waals surface area contributed by atoms with E-state index in [0.29, 0.717) is 16.5 Å². The lowest BCUT2D eigenvalue weighted by Crippen LogP contribution is -2.19. The first-order chi connectivity index (χ1) is 16.7. The third-order valence-electron chi connectivity index (χ3n) is 4.13. The Morgan fingerprint density at radius 2 is 1.66 bits per heavy atom. The molecule has 0 aliphatic rings. The lowest BCUT2D eigenvalue weighted by Gasteiger charge is -2.15. The number of ether oxygens (including phenoxy) is 1. The van der Waals surface area contributed by atoms with Crippen molar-refractivity contribution >= 4 is 41.5 Å². The Morgan fingerprint density at radius 1 is 1.09 bits per heavy atom.